The summed E-state index contributed by atoms with van der Waals surface area (Å²) in [5, 5.41) is 17.9. The number of alkyl halides is 3. The number of hydrogen-bond acceptors (Lipinski definition) is 8. The van der Waals surface area contributed by atoms with Gasteiger partial charge in [-0.25, -0.2) is 4.39 Å². The van der Waals surface area contributed by atoms with Gasteiger partial charge in [0, 0.05) is 35.1 Å². The maximum atomic E-state index is 13.6. The second kappa shape index (κ2) is 19.7. The van der Waals surface area contributed by atoms with E-state index in [0.717, 1.165) is 12.1 Å². The van der Waals surface area contributed by atoms with E-state index in [-0.39, 0.29) is 31.3 Å². The summed E-state index contributed by atoms with van der Waals surface area (Å²) < 4.78 is 74.8. The van der Waals surface area contributed by atoms with Gasteiger partial charge in [0.2, 0.25) is 0 Å². The van der Waals surface area contributed by atoms with Crippen molar-refractivity contribution in [3.05, 3.63) is 53.3 Å². The van der Waals surface area contributed by atoms with Crippen LogP contribution in [-0.2, 0) is 14.2 Å². The average Bonchev–Trinajstić information content (AvgIpc) is 2.92. The molecule has 0 heterocycles. The molecule has 0 saturated heterocycles. The molecule has 7 nitrogen and oxygen atoms in total. The van der Waals surface area contributed by atoms with Crippen LogP contribution in [0.3, 0.4) is 0 Å². The van der Waals surface area contributed by atoms with Crippen LogP contribution in [0, 0.1) is 28.5 Å². The smallest absolute Gasteiger partial charge is 0.466 e. The molecule has 14 heteroatoms. The van der Waals surface area contributed by atoms with Crippen LogP contribution in [0.1, 0.15) is 17.5 Å². The van der Waals surface area contributed by atoms with Gasteiger partial charge < -0.3 is 18.9 Å². The molecule has 2 aromatic carbocycles. The first-order chi connectivity index (χ1) is 20.6. The third-order valence-electron chi connectivity index (χ3n) is 5.57. The van der Waals surface area contributed by atoms with Gasteiger partial charge in [0.25, 0.3) is 0 Å². The Morgan fingerprint density at radius 1 is 0.750 bits per heavy atom. The van der Waals surface area contributed by atoms with Crippen molar-refractivity contribution in [2.24, 2.45) is 0 Å². The lowest BCUT2D eigenvalue weighted by Crippen LogP contribution is -2.22. The minimum absolute atomic E-state index is 0.0102. The van der Waals surface area contributed by atoms with E-state index in [0.29, 0.717) is 35.2 Å². The van der Waals surface area contributed by atoms with Crippen molar-refractivity contribution in [3.8, 4) is 23.6 Å². The Balaban J connectivity index is 0.000000470. The second-order valence-corrected chi connectivity index (χ2v) is 24.3. The highest BCUT2D eigenvalue weighted by Gasteiger charge is 2.28. The number of nitrogens with zero attached hydrogens (tertiary/aromatic N) is 2. The Hall–Kier alpha value is -2.60. The third kappa shape index (κ3) is 18.3. The molecule has 0 saturated carbocycles. The number of benzene rings is 2. The first-order valence-corrected chi connectivity index (χ1v) is 22.4. The zero-order valence-corrected chi connectivity index (χ0v) is 29.0. The van der Waals surface area contributed by atoms with Gasteiger partial charge in [-0.05, 0) is 42.8 Å². The van der Waals surface area contributed by atoms with Gasteiger partial charge in [-0.2, -0.15) is 10.5 Å². The molecule has 0 spiro atoms. The predicted molar refractivity (Wildman–Crippen MR) is 169 cm³/mol. The van der Waals surface area contributed by atoms with E-state index in [2.05, 4.69) is 50.1 Å². The first kappa shape index (κ1) is 39.4. The molecular formula is C30H42F4N2O5SSi2. The Morgan fingerprint density at radius 3 is 1.75 bits per heavy atom. The molecule has 244 valence electrons. The minimum atomic E-state index is -4.61. The summed E-state index contributed by atoms with van der Waals surface area (Å²) >= 11 is 1.27. The predicted octanol–water partition coefficient (Wildman–Crippen LogP) is 8.66. The highest BCUT2D eigenvalue weighted by molar-refractivity contribution is 7.99. The van der Waals surface area contributed by atoms with E-state index in [4.69, 9.17) is 24.2 Å². The summed E-state index contributed by atoms with van der Waals surface area (Å²) in [4.78, 5) is 0.607. The number of rotatable bonds is 17. The quantitative estimate of drug-likeness (QED) is 0.0541. The summed E-state index contributed by atoms with van der Waals surface area (Å²) in [5.74, 6) is 0.302. The van der Waals surface area contributed by atoms with Gasteiger partial charge in [-0.3, -0.25) is 4.74 Å². The van der Waals surface area contributed by atoms with E-state index in [1.165, 1.54) is 23.9 Å². The topological polar surface area (TPSA) is 93.7 Å². The summed E-state index contributed by atoms with van der Waals surface area (Å²) in [5.41, 5.74) is 0.404. The van der Waals surface area contributed by atoms with Crippen LogP contribution in [0.15, 0.2) is 41.3 Å². The number of halogens is 4. The average molecular weight is 675 g/mol. The molecule has 0 N–H and O–H groups in total. The molecule has 0 aromatic heterocycles. The Morgan fingerprint density at radius 2 is 1.25 bits per heavy atom. The number of nitriles is 2. The van der Waals surface area contributed by atoms with Crippen molar-refractivity contribution in [1.29, 1.82) is 10.5 Å². The van der Waals surface area contributed by atoms with Gasteiger partial charge >= 0.3 is 6.36 Å². The summed E-state index contributed by atoms with van der Waals surface area (Å²) in [6.07, 6.45) is -4.41. The minimum Gasteiger partial charge on any atom is -0.466 e. The van der Waals surface area contributed by atoms with Gasteiger partial charge in [-0.15, -0.1) is 24.9 Å². The van der Waals surface area contributed by atoms with Crippen molar-refractivity contribution in [1.82, 2.24) is 0 Å². The molecule has 0 amide bonds. The van der Waals surface area contributed by atoms with Crippen LogP contribution in [0.25, 0.3) is 0 Å². The number of thioether (sulfide) groups is 1. The van der Waals surface area contributed by atoms with Crippen LogP contribution < -0.4 is 9.47 Å². The zero-order valence-electron chi connectivity index (χ0n) is 26.2. The van der Waals surface area contributed by atoms with Crippen LogP contribution in [0.4, 0.5) is 17.6 Å². The van der Waals surface area contributed by atoms with Gasteiger partial charge in [-0.1, -0.05) is 51.4 Å². The van der Waals surface area contributed by atoms with E-state index >= 15 is 0 Å². The van der Waals surface area contributed by atoms with E-state index in [9.17, 15) is 22.8 Å². The fourth-order valence-corrected chi connectivity index (χ4v) is 5.60. The zero-order chi connectivity index (χ0) is 33.2. The molecule has 0 bridgehead atoms. The molecule has 0 aliphatic carbocycles. The maximum absolute atomic E-state index is 13.6. The summed E-state index contributed by atoms with van der Waals surface area (Å²) in [6, 6.07) is 15.4. The molecular weight excluding hydrogens is 633 g/mol. The molecule has 2 aromatic rings. The summed E-state index contributed by atoms with van der Waals surface area (Å²) in [7, 11) is -2.28. The fraction of sp³-hybridized carbons (Fsp3) is 0.533. The largest absolute Gasteiger partial charge is 0.522 e. The first-order valence-electron chi connectivity index (χ1n) is 14.0. The molecule has 0 unspecified atom stereocenters. The van der Waals surface area contributed by atoms with Gasteiger partial charge in [0.1, 0.15) is 17.9 Å². The molecule has 0 aliphatic rings. The molecule has 0 fully saturated rings. The highest BCUT2D eigenvalue weighted by Crippen LogP contribution is 2.33. The van der Waals surface area contributed by atoms with Crippen molar-refractivity contribution in [2.75, 3.05) is 39.2 Å². The Labute approximate surface area is 264 Å². The van der Waals surface area contributed by atoms with Crippen LogP contribution in [0.5, 0.6) is 11.5 Å². The third-order valence-corrected chi connectivity index (χ3v) is 10.2. The van der Waals surface area contributed by atoms with Gasteiger partial charge in [0.05, 0.1) is 22.6 Å². The number of hydrogen-bond donors (Lipinski definition) is 0. The Bertz CT molecular complexity index is 1230. The van der Waals surface area contributed by atoms with E-state index < -0.39 is 34.9 Å². The van der Waals surface area contributed by atoms with Crippen LogP contribution >= 0.6 is 11.8 Å². The normalized spacial score (nSPS) is 11.6. The molecule has 0 radical (unpaired) electrons. The molecule has 0 atom stereocenters. The van der Waals surface area contributed by atoms with Crippen molar-refractivity contribution < 1.29 is 41.2 Å². The second-order valence-electron chi connectivity index (χ2n) is 11.9. The van der Waals surface area contributed by atoms with E-state index in [1.54, 1.807) is 30.3 Å². The van der Waals surface area contributed by atoms with Gasteiger partial charge in [0.15, 0.2) is 25.2 Å². The SMILES string of the molecule is C[Si](C)(C)CCOCOc1cccc(C#N)c1F.C[Si](C)(C)CCOCOc1cccc(C#N)c1SCCCOC(F)(F)F. The monoisotopic (exact) mass is 674 g/mol. The van der Waals surface area contributed by atoms with Crippen molar-refractivity contribution in [2.45, 2.75) is 69.0 Å². The highest BCUT2D eigenvalue weighted by atomic mass is 32.2. The standard InChI is InChI=1S/C17H24F3NO3SSi.C13H18FNO2Si/c1-26(2,3)11-9-22-13-23-15-7-4-6-14(12-21)16(15)25-10-5-8-24-17(18,19)20;1-18(2,3)8-7-16-10-17-12-6-4-5-11(9-15)13(12)14/h4,6-7H,5,8-11,13H2,1-3H3;4-6H,7-8,10H2,1-3H3. The van der Waals surface area contributed by atoms with Crippen molar-refractivity contribution >= 4 is 27.9 Å². The maximum Gasteiger partial charge on any atom is 0.522 e. The summed E-state index contributed by atoms with van der Waals surface area (Å²) in [6.45, 7) is 14.4. The van der Waals surface area contributed by atoms with Crippen LogP contribution in [-0.4, -0.2) is 61.7 Å². The molecule has 2 rings (SSSR count). The van der Waals surface area contributed by atoms with Crippen LogP contribution in [0.2, 0.25) is 51.4 Å². The molecule has 0 aliphatic heterocycles. The lowest BCUT2D eigenvalue weighted by atomic mass is 10.2. The van der Waals surface area contributed by atoms with Crippen molar-refractivity contribution in [3.63, 3.8) is 0 Å². The van der Waals surface area contributed by atoms with E-state index in [1.807, 2.05) is 0 Å². The Kier molecular flexibility index (Phi) is 17.7. The lowest BCUT2D eigenvalue weighted by Gasteiger charge is -2.16. The fourth-order valence-electron chi connectivity index (χ4n) is 3.08. The number of ether oxygens (including phenoxy) is 5. The lowest BCUT2D eigenvalue weighted by molar-refractivity contribution is -0.324. The molecule has 44 heavy (non-hydrogen) atoms.